The molecule has 2 heterocycles. The fourth-order valence-electron chi connectivity index (χ4n) is 3.48. The van der Waals surface area contributed by atoms with E-state index in [1.807, 2.05) is 4.90 Å². The van der Waals surface area contributed by atoms with Crippen molar-refractivity contribution in [3.63, 3.8) is 0 Å². The summed E-state index contributed by atoms with van der Waals surface area (Å²) >= 11 is 0. The van der Waals surface area contributed by atoms with E-state index in [1.165, 1.54) is 32.4 Å². The first-order valence-electron chi connectivity index (χ1n) is 7.92. The number of alkyl halides is 3. The van der Waals surface area contributed by atoms with Gasteiger partial charge < -0.3 is 9.80 Å². The van der Waals surface area contributed by atoms with Gasteiger partial charge in [0.15, 0.2) is 0 Å². The Hall–Kier alpha value is -0.290. The lowest BCUT2D eigenvalue weighted by Gasteiger charge is -2.40. The fourth-order valence-corrected chi connectivity index (χ4v) is 3.48. The number of nitrogens with zero attached hydrogens (tertiary/aromatic N) is 2. The molecule has 0 spiro atoms. The number of halogens is 3. The summed E-state index contributed by atoms with van der Waals surface area (Å²) in [5.41, 5.74) is 0. The van der Waals surface area contributed by atoms with Gasteiger partial charge in [0, 0.05) is 19.0 Å². The van der Waals surface area contributed by atoms with E-state index >= 15 is 0 Å². The topological polar surface area (TPSA) is 6.48 Å². The maximum absolute atomic E-state index is 13.6. The van der Waals surface area contributed by atoms with Crippen molar-refractivity contribution in [1.29, 1.82) is 0 Å². The normalized spacial score (nSPS) is 25.8. The Bertz CT molecular complexity index is 279. The lowest BCUT2D eigenvalue weighted by Crippen LogP contribution is -2.48. The molecular formula is C15H27F3N2. The highest BCUT2D eigenvalue weighted by molar-refractivity contribution is 4.83. The Labute approximate surface area is 120 Å². The zero-order valence-electron chi connectivity index (χ0n) is 12.5. The number of likely N-dealkylation sites (tertiary alicyclic amines) is 2. The first-order valence-corrected chi connectivity index (χ1v) is 7.92. The minimum Gasteiger partial charge on any atom is -0.300 e. The van der Waals surface area contributed by atoms with Gasteiger partial charge in [-0.2, -0.15) is 0 Å². The molecule has 0 aromatic rings. The quantitative estimate of drug-likeness (QED) is 0.767. The molecule has 2 aliphatic heterocycles. The smallest absolute Gasteiger partial charge is 0.248 e. The Morgan fingerprint density at radius 3 is 2.20 bits per heavy atom. The third kappa shape index (κ3) is 5.24. The second-order valence-electron chi connectivity index (χ2n) is 6.50. The van der Waals surface area contributed by atoms with Gasteiger partial charge in [-0.05, 0) is 58.8 Å². The SMILES string of the molecule is CC(F)(F)CC(F)CN1CCC(N2CCCCC2)CC1. The van der Waals surface area contributed by atoms with Crippen LogP contribution in [0.3, 0.4) is 0 Å². The molecule has 2 aliphatic rings. The van der Waals surface area contributed by atoms with Crippen LogP contribution in [-0.2, 0) is 0 Å². The molecule has 0 aromatic carbocycles. The van der Waals surface area contributed by atoms with Crippen molar-refractivity contribution < 1.29 is 13.2 Å². The van der Waals surface area contributed by atoms with Gasteiger partial charge in [-0.15, -0.1) is 0 Å². The molecule has 0 bridgehead atoms. The minimum absolute atomic E-state index is 0.163. The molecule has 2 saturated heterocycles. The monoisotopic (exact) mass is 292 g/mol. The van der Waals surface area contributed by atoms with E-state index in [0.29, 0.717) is 6.04 Å². The van der Waals surface area contributed by atoms with Crippen molar-refractivity contribution >= 4 is 0 Å². The van der Waals surface area contributed by atoms with E-state index in [2.05, 4.69) is 4.90 Å². The van der Waals surface area contributed by atoms with Gasteiger partial charge in [0.25, 0.3) is 0 Å². The van der Waals surface area contributed by atoms with Crippen LogP contribution in [0, 0.1) is 0 Å². The molecule has 2 rings (SSSR count). The summed E-state index contributed by atoms with van der Waals surface area (Å²) in [6, 6.07) is 0.622. The molecule has 0 N–H and O–H groups in total. The van der Waals surface area contributed by atoms with Gasteiger partial charge in [-0.1, -0.05) is 6.42 Å². The van der Waals surface area contributed by atoms with E-state index in [4.69, 9.17) is 0 Å². The molecule has 2 nitrogen and oxygen atoms in total. The van der Waals surface area contributed by atoms with Crippen molar-refractivity contribution in [1.82, 2.24) is 9.80 Å². The average Bonchev–Trinajstić information content (AvgIpc) is 2.38. The van der Waals surface area contributed by atoms with E-state index in [-0.39, 0.29) is 6.54 Å². The highest BCUT2D eigenvalue weighted by atomic mass is 19.3. The molecule has 0 aliphatic carbocycles. The van der Waals surface area contributed by atoms with Crippen LogP contribution in [0.1, 0.15) is 45.4 Å². The third-order valence-corrected chi connectivity index (χ3v) is 4.50. The van der Waals surface area contributed by atoms with Crippen LogP contribution < -0.4 is 0 Å². The second kappa shape index (κ2) is 7.12. The molecule has 1 unspecified atom stereocenters. The Balaban J connectivity index is 1.68. The zero-order chi connectivity index (χ0) is 14.6. The molecular weight excluding hydrogens is 265 g/mol. The minimum atomic E-state index is -2.90. The zero-order valence-corrected chi connectivity index (χ0v) is 12.5. The van der Waals surface area contributed by atoms with E-state index < -0.39 is 18.5 Å². The van der Waals surface area contributed by atoms with E-state index in [0.717, 1.165) is 32.9 Å². The molecule has 5 heteroatoms. The largest absolute Gasteiger partial charge is 0.300 e. The average molecular weight is 292 g/mol. The lowest BCUT2D eigenvalue weighted by atomic mass is 9.99. The van der Waals surface area contributed by atoms with Crippen molar-refractivity contribution in [2.45, 2.75) is 63.6 Å². The summed E-state index contributed by atoms with van der Waals surface area (Å²) in [6.45, 7) is 5.03. The summed E-state index contributed by atoms with van der Waals surface area (Å²) in [5, 5.41) is 0. The summed E-state index contributed by atoms with van der Waals surface area (Å²) in [4.78, 5) is 4.57. The Morgan fingerprint density at radius 1 is 1.05 bits per heavy atom. The molecule has 0 amide bonds. The van der Waals surface area contributed by atoms with Crippen molar-refractivity contribution in [3.8, 4) is 0 Å². The van der Waals surface area contributed by atoms with Gasteiger partial charge in [-0.3, -0.25) is 0 Å². The predicted octanol–water partition coefficient (Wildman–Crippen LogP) is 3.32. The van der Waals surface area contributed by atoms with Crippen molar-refractivity contribution in [2.75, 3.05) is 32.7 Å². The van der Waals surface area contributed by atoms with Gasteiger partial charge in [0.2, 0.25) is 5.92 Å². The third-order valence-electron chi connectivity index (χ3n) is 4.50. The van der Waals surface area contributed by atoms with Crippen LogP contribution >= 0.6 is 0 Å². The molecule has 1 atom stereocenters. The standard InChI is InChI=1S/C15H27F3N2/c1-15(17,18)11-13(16)12-19-9-5-14(6-10-19)20-7-3-2-4-8-20/h13-14H,2-12H2,1H3. The second-order valence-corrected chi connectivity index (χ2v) is 6.50. The van der Waals surface area contributed by atoms with Crippen LogP contribution in [0.5, 0.6) is 0 Å². The van der Waals surface area contributed by atoms with Crippen LogP contribution in [0.2, 0.25) is 0 Å². The summed E-state index contributed by atoms with van der Waals surface area (Å²) in [7, 11) is 0. The summed E-state index contributed by atoms with van der Waals surface area (Å²) < 4.78 is 39.1. The van der Waals surface area contributed by atoms with Gasteiger partial charge >= 0.3 is 0 Å². The maximum Gasteiger partial charge on any atom is 0.248 e. The highest BCUT2D eigenvalue weighted by Crippen LogP contribution is 2.24. The van der Waals surface area contributed by atoms with Crippen LogP contribution in [0.25, 0.3) is 0 Å². The highest BCUT2D eigenvalue weighted by Gasteiger charge is 2.30. The lowest BCUT2D eigenvalue weighted by molar-refractivity contribution is -0.0179. The molecule has 0 radical (unpaired) electrons. The van der Waals surface area contributed by atoms with E-state index in [9.17, 15) is 13.2 Å². The summed E-state index contributed by atoms with van der Waals surface area (Å²) in [5.74, 6) is -2.90. The van der Waals surface area contributed by atoms with Gasteiger partial charge in [0.1, 0.15) is 6.17 Å². The predicted molar refractivity (Wildman–Crippen MR) is 75.0 cm³/mol. The number of hydrogen-bond acceptors (Lipinski definition) is 2. The Kier molecular flexibility index (Phi) is 5.73. The van der Waals surface area contributed by atoms with Gasteiger partial charge in [0.05, 0.1) is 0 Å². The fraction of sp³-hybridized carbons (Fsp3) is 1.00. The summed E-state index contributed by atoms with van der Waals surface area (Å²) in [6.07, 6.45) is 3.95. The Morgan fingerprint density at radius 2 is 1.65 bits per heavy atom. The molecule has 20 heavy (non-hydrogen) atoms. The first kappa shape index (κ1) is 16.1. The molecule has 2 fully saturated rings. The number of rotatable bonds is 5. The molecule has 118 valence electrons. The number of hydrogen-bond donors (Lipinski definition) is 0. The van der Waals surface area contributed by atoms with Gasteiger partial charge in [-0.25, -0.2) is 13.2 Å². The van der Waals surface area contributed by atoms with Crippen LogP contribution in [0.4, 0.5) is 13.2 Å². The van der Waals surface area contributed by atoms with Crippen LogP contribution in [-0.4, -0.2) is 60.7 Å². The first-order chi connectivity index (χ1) is 9.44. The van der Waals surface area contributed by atoms with E-state index in [1.54, 1.807) is 0 Å². The van der Waals surface area contributed by atoms with Crippen molar-refractivity contribution in [3.05, 3.63) is 0 Å². The number of piperidine rings is 2. The van der Waals surface area contributed by atoms with Crippen molar-refractivity contribution in [2.24, 2.45) is 0 Å². The molecule has 0 aromatic heterocycles. The van der Waals surface area contributed by atoms with Crippen LogP contribution in [0.15, 0.2) is 0 Å². The molecule has 0 saturated carbocycles. The maximum atomic E-state index is 13.6.